The number of amides is 1. The molecule has 0 bridgehead atoms. The average molecular weight is 449 g/mol. The molecule has 3 rings (SSSR count). The zero-order chi connectivity index (χ0) is 22.9. The summed E-state index contributed by atoms with van der Waals surface area (Å²) >= 11 is 1.28. The molecule has 164 valence electrons. The maximum atomic E-state index is 12.8. The molecule has 9 heteroatoms. The van der Waals surface area contributed by atoms with Crippen LogP contribution in [-0.2, 0) is 6.54 Å². The van der Waals surface area contributed by atoms with Crippen molar-refractivity contribution >= 4 is 40.5 Å². The zero-order valence-corrected chi connectivity index (χ0v) is 19.0. The number of aliphatic imine (C=N–C) groups is 1. The molecule has 0 spiro atoms. The van der Waals surface area contributed by atoms with Crippen molar-refractivity contribution in [2.75, 3.05) is 24.4 Å². The minimum atomic E-state index is -0.291. The van der Waals surface area contributed by atoms with Gasteiger partial charge in [-0.2, -0.15) is 0 Å². The fourth-order valence-corrected chi connectivity index (χ4v) is 3.71. The van der Waals surface area contributed by atoms with Crippen molar-refractivity contribution in [2.45, 2.75) is 13.5 Å². The van der Waals surface area contributed by atoms with Crippen LogP contribution in [0.4, 0.5) is 10.9 Å². The largest absolute Gasteiger partial charge is 0.496 e. The van der Waals surface area contributed by atoms with Crippen LogP contribution in [0.3, 0.4) is 0 Å². The van der Waals surface area contributed by atoms with Crippen molar-refractivity contribution in [3.8, 4) is 5.75 Å². The molecule has 0 aliphatic heterocycles. The van der Waals surface area contributed by atoms with Crippen molar-refractivity contribution < 1.29 is 9.53 Å². The number of anilines is 2. The first-order chi connectivity index (χ1) is 15.5. The van der Waals surface area contributed by atoms with E-state index in [4.69, 9.17) is 4.74 Å². The number of nitrogens with zero attached hydrogens (tertiary/aromatic N) is 5. The van der Waals surface area contributed by atoms with Gasteiger partial charge in [0.25, 0.3) is 5.91 Å². The second kappa shape index (κ2) is 11.0. The number of carbonyl (C=O) groups is 1. The van der Waals surface area contributed by atoms with Gasteiger partial charge in [-0.3, -0.25) is 15.1 Å². The van der Waals surface area contributed by atoms with Crippen molar-refractivity contribution in [2.24, 2.45) is 4.99 Å². The lowest BCUT2D eigenvalue weighted by atomic mass is 10.1. The number of ether oxygens (including phenoxy) is 1. The SMILES string of the molecule is C=N/C=C\C(=C/C)c1nnc(NC(=O)c2ccc(CN(C)c3ccccn3)c(OC)c2)s1. The Bertz CT molecular complexity index is 1140. The maximum absolute atomic E-state index is 12.8. The van der Waals surface area contributed by atoms with E-state index in [1.54, 1.807) is 37.7 Å². The molecule has 2 aromatic heterocycles. The lowest BCUT2D eigenvalue weighted by Crippen LogP contribution is -2.18. The summed E-state index contributed by atoms with van der Waals surface area (Å²) in [6.45, 7) is 5.90. The Labute approximate surface area is 191 Å². The molecule has 32 heavy (non-hydrogen) atoms. The summed E-state index contributed by atoms with van der Waals surface area (Å²) in [5.41, 5.74) is 2.25. The predicted molar refractivity (Wildman–Crippen MR) is 130 cm³/mol. The molecule has 0 saturated carbocycles. The summed E-state index contributed by atoms with van der Waals surface area (Å²) in [5.74, 6) is 1.18. The highest BCUT2D eigenvalue weighted by Crippen LogP contribution is 2.26. The molecule has 0 atom stereocenters. The van der Waals surface area contributed by atoms with Crippen LogP contribution in [0, 0.1) is 0 Å². The van der Waals surface area contributed by atoms with Gasteiger partial charge in [0.05, 0.1) is 7.11 Å². The van der Waals surface area contributed by atoms with Gasteiger partial charge >= 0.3 is 0 Å². The van der Waals surface area contributed by atoms with Gasteiger partial charge < -0.3 is 9.64 Å². The Morgan fingerprint density at radius 2 is 2.16 bits per heavy atom. The Morgan fingerprint density at radius 1 is 1.31 bits per heavy atom. The van der Waals surface area contributed by atoms with Crippen LogP contribution in [0.5, 0.6) is 5.75 Å². The maximum Gasteiger partial charge on any atom is 0.257 e. The fraction of sp³-hybridized carbons (Fsp3) is 0.174. The van der Waals surface area contributed by atoms with Crippen LogP contribution in [-0.4, -0.2) is 42.0 Å². The van der Waals surface area contributed by atoms with Crippen molar-refractivity contribution in [3.63, 3.8) is 0 Å². The van der Waals surface area contributed by atoms with E-state index in [1.165, 1.54) is 11.3 Å². The summed E-state index contributed by atoms with van der Waals surface area (Å²) in [4.78, 5) is 22.8. The van der Waals surface area contributed by atoms with Gasteiger partial charge in [-0.05, 0) is 44.0 Å². The first-order valence-electron chi connectivity index (χ1n) is 9.78. The van der Waals surface area contributed by atoms with Gasteiger partial charge in [0.15, 0.2) is 0 Å². The quantitative estimate of drug-likeness (QED) is 0.384. The van der Waals surface area contributed by atoms with E-state index in [9.17, 15) is 4.79 Å². The second-order valence-corrected chi connectivity index (χ2v) is 7.66. The molecule has 1 aromatic carbocycles. The van der Waals surface area contributed by atoms with Gasteiger partial charge in [-0.15, -0.1) is 10.2 Å². The molecule has 3 aromatic rings. The summed E-state index contributed by atoms with van der Waals surface area (Å²) in [7, 11) is 3.54. The minimum absolute atomic E-state index is 0.291. The summed E-state index contributed by atoms with van der Waals surface area (Å²) in [5, 5.41) is 12.1. The van der Waals surface area contributed by atoms with Crippen LogP contribution in [0.25, 0.3) is 5.57 Å². The Kier molecular flexibility index (Phi) is 7.82. The van der Waals surface area contributed by atoms with Gasteiger partial charge in [0.1, 0.15) is 16.6 Å². The average Bonchev–Trinajstić information content (AvgIpc) is 3.28. The van der Waals surface area contributed by atoms with Crippen LogP contribution < -0.4 is 15.0 Å². The second-order valence-electron chi connectivity index (χ2n) is 6.68. The van der Waals surface area contributed by atoms with Gasteiger partial charge in [0, 0.05) is 42.7 Å². The van der Waals surface area contributed by atoms with Gasteiger partial charge in [-0.1, -0.05) is 29.5 Å². The molecule has 0 fully saturated rings. The number of methoxy groups -OCH3 is 1. The first-order valence-corrected chi connectivity index (χ1v) is 10.6. The monoisotopic (exact) mass is 448 g/mol. The molecule has 0 aliphatic rings. The Hall–Kier alpha value is -3.85. The van der Waals surface area contributed by atoms with Crippen LogP contribution in [0.2, 0.25) is 0 Å². The van der Waals surface area contributed by atoms with E-state index in [-0.39, 0.29) is 5.91 Å². The molecular weight excluding hydrogens is 424 g/mol. The number of carbonyl (C=O) groups excluding carboxylic acids is 1. The van der Waals surface area contributed by atoms with Crippen molar-refractivity contribution in [3.05, 3.63) is 77.1 Å². The van der Waals surface area contributed by atoms with Gasteiger partial charge in [-0.25, -0.2) is 4.98 Å². The topological polar surface area (TPSA) is 92.6 Å². The van der Waals surface area contributed by atoms with Crippen LogP contribution in [0.15, 0.2) is 65.9 Å². The van der Waals surface area contributed by atoms with E-state index in [2.05, 4.69) is 32.2 Å². The third kappa shape index (κ3) is 5.64. The number of aromatic nitrogens is 3. The highest BCUT2D eigenvalue weighted by molar-refractivity contribution is 7.16. The van der Waals surface area contributed by atoms with Crippen molar-refractivity contribution in [1.29, 1.82) is 0 Å². The number of hydrogen-bond donors (Lipinski definition) is 1. The molecular formula is C23H24N6O2S. The zero-order valence-electron chi connectivity index (χ0n) is 18.1. The molecule has 0 unspecified atom stereocenters. The van der Waals surface area contributed by atoms with E-state index < -0.39 is 0 Å². The third-order valence-corrected chi connectivity index (χ3v) is 5.45. The molecule has 1 amide bonds. The Balaban J connectivity index is 1.72. The molecule has 0 radical (unpaired) electrons. The van der Waals surface area contributed by atoms with E-state index >= 15 is 0 Å². The third-order valence-electron chi connectivity index (χ3n) is 4.56. The number of pyridine rings is 1. The van der Waals surface area contributed by atoms with Crippen LogP contribution >= 0.6 is 11.3 Å². The predicted octanol–water partition coefficient (Wildman–Crippen LogP) is 4.45. The highest BCUT2D eigenvalue weighted by atomic mass is 32.1. The smallest absolute Gasteiger partial charge is 0.257 e. The normalized spacial score (nSPS) is 11.4. The number of hydrogen-bond acceptors (Lipinski definition) is 8. The fourth-order valence-electron chi connectivity index (χ4n) is 2.92. The first kappa shape index (κ1) is 22.8. The number of benzene rings is 1. The van der Waals surface area contributed by atoms with E-state index in [0.29, 0.717) is 28.0 Å². The van der Waals surface area contributed by atoms with E-state index in [1.807, 2.05) is 49.2 Å². The summed E-state index contributed by atoms with van der Waals surface area (Å²) < 4.78 is 5.53. The van der Waals surface area contributed by atoms with Crippen molar-refractivity contribution in [1.82, 2.24) is 15.2 Å². The van der Waals surface area contributed by atoms with Gasteiger partial charge in [0.2, 0.25) is 5.13 Å². The minimum Gasteiger partial charge on any atom is -0.496 e. The molecule has 0 saturated heterocycles. The summed E-state index contributed by atoms with van der Waals surface area (Å²) in [6.07, 6.45) is 7.00. The molecule has 8 nitrogen and oxygen atoms in total. The standard InChI is InChI=1S/C23H24N6O2S/c1-5-16(11-13-24-2)22-27-28-23(32-22)26-21(30)17-9-10-18(19(14-17)31-4)15-29(3)20-8-6-7-12-25-20/h5-14H,2,15H2,1,3-4H3,(H,26,28,30)/b13-11-,16-5+. The Morgan fingerprint density at radius 3 is 2.84 bits per heavy atom. The highest BCUT2D eigenvalue weighted by Gasteiger charge is 2.15. The number of rotatable bonds is 9. The van der Waals surface area contributed by atoms with Crippen LogP contribution in [0.1, 0.15) is 27.9 Å². The molecule has 2 heterocycles. The number of allylic oxidation sites excluding steroid dienone is 3. The molecule has 1 N–H and O–H groups in total. The lowest BCUT2D eigenvalue weighted by Gasteiger charge is -2.20. The lowest BCUT2D eigenvalue weighted by molar-refractivity contribution is 0.102. The summed E-state index contributed by atoms with van der Waals surface area (Å²) in [6, 6.07) is 11.1. The molecule has 0 aliphatic carbocycles. The van der Waals surface area contributed by atoms with E-state index in [0.717, 1.165) is 17.0 Å². The number of nitrogens with one attached hydrogen (secondary N) is 1.